The van der Waals surface area contributed by atoms with E-state index in [2.05, 4.69) is 31.8 Å². The lowest BCUT2D eigenvalue weighted by molar-refractivity contribution is 0.0932. The average molecular weight is 531 g/mol. The van der Waals surface area contributed by atoms with Gasteiger partial charge in [-0.1, -0.05) is 56.3 Å². The van der Waals surface area contributed by atoms with Crippen molar-refractivity contribution < 1.29 is 17.9 Å². The second-order valence-electron chi connectivity index (χ2n) is 11.1. The number of hydrogen-bond donors (Lipinski definition) is 3. The molecule has 1 amide bonds. The first kappa shape index (κ1) is 29.1. The molecule has 9 heteroatoms. The van der Waals surface area contributed by atoms with Crippen LogP contribution >= 0.6 is 0 Å². The van der Waals surface area contributed by atoms with E-state index in [4.69, 9.17) is 4.74 Å². The van der Waals surface area contributed by atoms with E-state index in [-0.39, 0.29) is 22.8 Å². The van der Waals surface area contributed by atoms with Gasteiger partial charge in [0, 0.05) is 31.1 Å². The molecule has 1 fully saturated rings. The summed E-state index contributed by atoms with van der Waals surface area (Å²) in [5.74, 6) is 0.355. The van der Waals surface area contributed by atoms with Crippen molar-refractivity contribution in [3.05, 3.63) is 65.7 Å². The van der Waals surface area contributed by atoms with E-state index >= 15 is 0 Å². The molecule has 0 spiro atoms. The van der Waals surface area contributed by atoms with Crippen molar-refractivity contribution in [2.45, 2.75) is 51.0 Å². The third kappa shape index (κ3) is 8.26. The van der Waals surface area contributed by atoms with Crippen molar-refractivity contribution >= 4 is 16.1 Å². The van der Waals surface area contributed by atoms with Crippen LogP contribution in [-0.4, -0.2) is 66.1 Å². The van der Waals surface area contributed by atoms with Gasteiger partial charge in [-0.15, -0.1) is 0 Å². The highest BCUT2D eigenvalue weighted by molar-refractivity contribution is 7.87. The first-order valence-corrected chi connectivity index (χ1v) is 14.3. The Balaban J connectivity index is 1.65. The van der Waals surface area contributed by atoms with Crippen LogP contribution in [0.5, 0.6) is 5.75 Å². The van der Waals surface area contributed by atoms with Crippen LogP contribution in [0.1, 0.15) is 55.5 Å². The highest BCUT2D eigenvalue weighted by Gasteiger charge is 2.38. The Morgan fingerprint density at radius 3 is 2.30 bits per heavy atom. The number of rotatable bonds is 12. The number of amides is 1. The zero-order chi connectivity index (χ0) is 27.1. The van der Waals surface area contributed by atoms with Crippen molar-refractivity contribution in [1.82, 2.24) is 19.7 Å². The molecule has 3 N–H and O–H groups in total. The number of ether oxygens (including phenoxy) is 1. The molecule has 1 aliphatic carbocycles. The fourth-order valence-electron chi connectivity index (χ4n) is 5.29. The summed E-state index contributed by atoms with van der Waals surface area (Å²) in [5.41, 5.74) is 1.19. The molecule has 2 aromatic carbocycles. The Labute approximate surface area is 222 Å². The lowest BCUT2D eigenvalue weighted by Gasteiger charge is -2.41. The SMILES string of the molecule is COc1ccccc1C(=O)NC[C@]1(c2ccccc2)CC[C@H](NS(=O)(=O)NCC(C)(C)CN(C)C)CC1. The smallest absolute Gasteiger partial charge is 0.277 e. The highest BCUT2D eigenvalue weighted by Crippen LogP contribution is 2.39. The summed E-state index contributed by atoms with van der Waals surface area (Å²) in [5, 5.41) is 3.12. The van der Waals surface area contributed by atoms with Crippen molar-refractivity contribution in [3.8, 4) is 5.75 Å². The van der Waals surface area contributed by atoms with Crippen LogP contribution in [0.4, 0.5) is 0 Å². The second kappa shape index (κ2) is 12.4. The molecule has 0 saturated heterocycles. The minimum Gasteiger partial charge on any atom is -0.496 e. The number of methoxy groups -OCH3 is 1. The molecule has 0 bridgehead atoms. The summed E-state index contributed by atoms with van der Waals surface area (Å²) in [6, 6.07) is 17.2. The van der Waals surface area contributed by atoms with Gasteiger partial charge in [0.25, 0.3) is 16.1 Å². The lowest BCUT2D eigenvalue weighted by Crippen LogP contribution is -2.51. The zero-order valence-corrected chi connectivity index (χ0v) is 23.5. The van der Waals surface area contributed by atoms with E-state index in [0.717, 1.165) is 24.9 Å². The standard InChI is InChI=1S/C28H42N4O4S/c1-27(2,21-32(3)4)19-30-37(34,35)31-23-15-17-28(18-16-23,22-11-7-6-8-12-22)20-29-26(33)24-13-9-10-14-25(24)36-5/h6-14,23,30-31H,15-21H2,1-5H3,(H,29,33)/t23-,28-. The summed E-state index contributed by atoms with van der Waals surface area (Å²) in [6.07, 6.45) is 2.87. The molecule has 0 aromatic heterocycles. The van der Waals surface area contributed by atoms with Gasteiger partial charge in [0.15, 0.2) is 0 Å². The van der Waals surface area contributed by atoms with Gasteiger partial charge in [-0.3, -0.25) is 4.79 Å². The molecule has 8 nitrogen and oxygen atoms in total. The molecular formula is C28H42N4O4S. The van der Waals surface area contributed by atoms with Crippen LogP contribution in [0.2, 0.25) is 0 Å². The van der Waals surface area contributed by atoms with E-state index in [1.54, 1.807) is 19.2 Å². The van der Waals surface area contributed by atoms with Crippen LogP contribution in [0.3, 0.4) is 0 Å². The lowest BCUT2D eigenvalue weighted by atomic mass is 9.68. The predicted molar refractivity (Wildman–Crippen MR) is 148 cm³/mol. The minimum absolute atomic E-state index is 0.156. The first-order chi connectivity index (χ1) is 17.5. The van der Waals surface area contributed by atoms with Gasteiger partial charge < -0.3 is 15.0 Å². The Kier molecular flexibility index (Phi) is 9.74. The number of nitrogens with zero attached hydrogens (tertiary/aromatic N) is 1. The van der Waals surface area contributed by atoms with E-state index in [0.29, 0.717) is 37.2 Å². The first-order valence-electron chi connectivity index (χ1n) is 12.8. The maximum atomic E-state index is 13.0. The van der Waals surface area contributed by atoms with Gasteiger partial charge in [0.1, 0.15) is 5.75 Å². The Hall–Kier alpha value is -2.46. The fourth-order valence-corrected chi connectivity index (χ4v) is 6.63. The van der Waals surface area contributed by atoms with Gasteiger partial charge in [0.05, 0.1) is 12.7 Å². The number of hydrogen-bond acceptors (Lipinski definition) is 5. The number of para-hydroxylation sites is 1. The fraction of sp³-hybridized carbons (Fsp3) is 0.536. The summed E-state index contributed by atoms with van der Waals surface area (Å²) in [4.78, 5) is 15.1. The molecule has 0 unspecified atom stereocenters. The topological polar surface area (TPSA) is 99.8 Å². The minimum atomic E-state index is -3.62. The largest absolute Gasteiger partial charge is 0.496 e. The van der Waals surface area contributed by atoms with Gasteiger partial charge in [0.2, 0.25) is 0 Å². The van der Waals surface area contributed by atoms with Crippen molar-refractivity contribution in [1.29, 1.82) is 0 Å². The summed E-state index contributed by atoms with van der Waals surface area (Å²) < 4.78 is 36.5. The molecule has 1 saturated carbocycles. The van der Waals surface area contributed by atoms with Crippen LogP contribution in [0.25, 0.3) is 0 Å². The van der Waals surface area contributed by atoms with E-state index < -0.39 is 10.2 Å². The quantitative estimate of drug-likeness (QED) is 0.391. The van der Waals surface area contributed by atoms with Gasteiger partial charge >= 0.3 is 0 Å². The number of carbonyl (C=O) groups is 1. The molecule has 3 rings (SSSR count). The zero-order valence-electron chi connectivity index (χ0n) is 22.7. The van der Waals surface area contributed by atoms with E-state index in [1.165, 1.54) is 0 Å². The average Bonchev–Trinajstić information content (AvgIpc) is 2.87. The van der Waals surface area contributed by atoms with Crippen LogP contribution in [0, 0.1) is 5.41 Å². The Morgan fingerprint density at radius 2 is 1.68 bits per heavy atom. The maximum absolute atomic E-state index is 13.0. The van der Waals surface area contributed by atoms with Crippen LogP contribution in [-0.2, 0) is 15.6 Å². The molecule has 0 atom stereocenters. The normalized spacial score (nSPS) is 20.5. The van der Waals surface area contributed by atoms with Crippen molar-refractivity contribution in [3.63, 3.8) is 0 Å². The molecule has 37 heavy (non-hydrogen) atoms. The molecule has 0 heterocycles. The summed E-state index contributed by atoms with van der Waals surface area (Å²) in [6.45, 7) is 5.69. The Bertz CT molecular complexity index is 1130. The van der Waals surface area contributed by atoms with E-state index in [9.17, 15) is 13.2 Å². The molecular weight excluding hydrogens is 488 g/mol. The molecule has 0 aliphatic heterocycles. The van der Waals surface area contributed by atoms with Gasteiger partial charge in [-0.2, -0.15) is 13.1 Å². The second-order valence-corrected chi connectivity index (χ2v) is 12.7. The van der Waals surface area contributed by atoms with Crippen molar-refractivity contribution in [2.24, 2.45) is 5.41 Å². The third-order valence-electron chi connectivity index (χ3n) is 7.07. The van der Waals surface area contributed by atoms with Crippen LogP contribution in [0.15, 0.2) is 54.6 Å². The Morgan fingerprint density at radius 1 is 1.05 bits per heavy atom. The third-order valence-corrected chi connectivity index (χ3v) is 8.24. The maximum Gasteiger partial charge on any atom is 0.277 e. The predicted octanol–water partition coefficient (Wildman–Crippen LogP) is 3.32. The van der Waals surface area contributed by atoms with Crippen LogP contribution < -0.4 is 19.5 Å². The molecule has 2 aromatic rings. The van der Waals surface area contributed by atoms with Crippen molar-refractivity contribution in [2.75, 3.05) is 40.8 Å². The number of carbonyl (C=O) groups excluding carboxylic acids is 1. The molecule has 204 valence electrons. The molecule has 0 radical (unpaired) electrons. The molecule has 1 aliphatic rings. The number of nitrogens with one attached hydrogen (secondary N) is 3. The van der Waals surface area contributed by atoms with E-state index in [1.807, 2.05) is 58.3 Å². The number of benzene rings is 2. The summed E-state index contributed by atoms with van der Waals surface area (Å²) >= 11 is 0. The summed E-state index contributed by atoms with van der Waals surface area (Å²) in [7, 11) is 1.89. The monoisotopic (exact) mass is 530 g/mol. The highest BCUT2D eigenvalue weighted by atomic mass is 32.2. The van der Waals surface area contributed by atoms with Gasteiger partial charge in [-0.25, -0.2) is 4.72 Å². The van der Waals surface area contributed by atoms with Gasteiger partial charge in [-0.05, 0) is 62.9 Å².